The van der Waals surface area contributed by atoms with Crippen LogP contribution in [0.15, 0.2) is 97.1 Å². The van der Waals surface area contributed by atoms with E-state index >= 15 is 0 Å². The van der Waals surface area contributed by atoms with Gasteiger partial charge in [-0.3, -0.25) is 0 Å². The number of fused-ring (bicyclic) bond motifs is 1. The molecule has 2 heterocycles. The fourth-order valence-corrected chi connectivity index (χ4v) is 7.55. The van der Waals surface area contributed by atoms with Crippen LogP contribution in [0.5, 0.6) is 5.75 Å². The van der Waals surface area contributed by atoms with Crippen molar-refractivity contribution in [3.8, 4) is 5.75 Å². The lowest BCUT2D eigenvalue weighted by atomic mass is 9.79. The molecule has 318 valence electrons. The van der Waals surface area contributed by atoms with Crippen molar-refractivity contribution >= 4 is 23.0 Å². The van der Waals surface area contributed by atoms with E-state index in [0.29, 0.717) is 39.5 Å². The summed E-state index contributed by atoms with van der Waals surface area (Å²) in [6.45, 7) is 13.7. The van der Waals surface area contributed by atoms with Gasteiger partial charge in [0.05, 0.1) is 45.7 Å². The molecule has 4 aromatic rings. The SMILES string of the molecule is CN1CCN(CCCNC(=O)OCC2CN(OC(=O)OC(C)(C)C)CC(OCc3ccc4ccccc4c3)C2c2ccc(OCCCOCc3ccccc3)cc2)CC1. The summed E-state index contributed by atoms with van der Waals surface area (Å²) < 4.78 is 30.1. The number of likely N-dealkylation sites (N-methyl/N-ethyl adjacent to an activating group) is 1. The van der Waals surface area contributed by atoms with Crippen molar-refractivity contribution in [2.24, 2.45) is 5.92 Å². The highest BCUT2D eigenvalue weighted by Crippen LogP contribution is 2.37. The first kappa shape index (κ1) is 43.8. The van der Waals surface area contributed by atoms with Gasteiger partial charge in [-0.1, -0.05) is 78.9 Å². The highest BCUT2D eigenvalue weighted by molar-refractivity contribution is 5.82. The van der Waals surface area contributed by atoms with Gasteiger partial charge < -0.3 is 43.6 Å². The zero-order chi connectivity index (χ0) is 41.5. The molecule has 3 unspecified atom stereocenters. The Bertz CT molecular complexity index is 1880. The van der Waals surface area contributed by atoms with Crippen molar-refractivity contribution in [3.05, 3.63) is 114 Å². The number of ether oxygens (including phenoxy) is 5. The van der Waals surface area contributed by atoms with E-state index in [1.54, 1.807) is 25.8 Å². The molecule has 0 radical (unpaired) electrons. The molecule has 3 atom stereocenters. The average Bonchev–Trinajstić information content (AvgIpc) is 3.22. The smallest absolute Gasteiger partial charge is 0.494 e. The van der Waals surface area contributed by atoms with E-state index in [-0.39, 0.29) is 25.0 Å². The van der Waals surface area contributed by atoms with Crippen molar-refractivity contribution in [1.29, 1.82) is 0 Å². The molecule has 4 aromatic carbocycles. The molecular formula is C47H62N4O8. The Morgan fingerprint density at radius 2 is 1.53 bits per heavy atom. The van der Waals surface area contributed by atoms with Crippen molar-refractivity contribution in [2.45, 2.75) is 64.4 Å². The number of rotatable bonds is 18. The van der Waals surface area contributed by atoms with E-state index in [2.05, 4.69) is 64.6 Å². The van der Waals surface area contributed by atoms with Crippen LogP contribution in [0.4, 0.5) is 9.59 Å². The second-order valence-corrected chi connectivity index (χ2v) is 16.6. The van der Waals surface area contributed by atoms with E-state index < -0.39 is 24.0 Å². The minimum Gasteiger partial charge on any atom is -0.494 e. The number of carbonyl (C=O) groups excluding carboxylic acids is 2. The van der Waals surface area contributed by atoms with E-state index in [1.165, 1.54) is 0 Å². The number of hydrogen-bond acceptors (Lipinski definition) is 11. The molecule has 2 aliphatic heterocycles. The first-order chi connectivity index (χ1) is 28.6. The number of hydrogen-bond donors (Lipinski definition) is 1. The van der Waals surface area contributed by atoms with Gasteiger partial charge in [-0.15, -0.1) is 5.06 Å². The van der Waals surface area contributed by atoms with Crippen LogP contribution in [-0.4, -0.2) is 118 Å². The fourth-order valence-electron chi connectivity index (χ4n) is 7.55. The molecule has 59 heavy (non-hydrogen) atoms. The monoisotopic (exact) mass is 810 g/mol. The number of nitrogens with zero attached hydrogens (tertiary/aromatic N) is 3. The number of hydroxylamine groups is 2. The molecule has 0 saturated carbocycles. The molecule has 0 aromatic heterocycles. The highest BCUT2D eigenvalue weighted by atomic mass is 16.8. The summed E-state index contributed by atoms with van der Waals surface area (Å²) in [7, 11) is 2.14. The van der Waals surface area contributed by atoms with Crippen LogP contribution in [0.1, 0.15) is 56.2 Å². The Morgan fingerprint density at radius 1 is 0.780 bits per heavy atom. The average molecular weight is 811 g/mol. The molecule has 0 aliphatic carbocycles. The summed E-state index contributed by atoms with van der Waals surface area (Å²) in [6, 6.07) is 32.7. The lowest BCUT2D eigenvalue weighted by molar-refractivity contribution is -0.194. The van der Waals surface area contributed by atoms with Crippen LogP contribution in [-0.2, 0) is 37.0 Å². The van der Waals surface area contributed by atoms with Crippen molar-refractivity contribution < 1.29 is 38.1 Å². The van der Waals surface area contributed by atoms with Gasteiger partial charge in [0.1, 0.15) is 11.4 Å². The molecule has 12 nitrogen and oxygen atoms in total. The Labute approximate surface area is 349 Å². The van der Waals surface area contributed by atoms with Gasteiger partial charge in [-0.2, -0.15) is 0 Å². The van der Waals surface area contributed by atoms with E-state index in [0.717, 1.165) is 78.8 Å². The lowest BCUT2D eigenvalue weighted by Gasteiger charge is -2.42. The summed E-state index contributed by atoms with van der Waals surface area (Å²) in [5.74, 6) is 0.247. The molecular weight excluding hydrogens is 749 g/mol. The summed E-state index contributed by atoms with van der Waals surface area (Å²) in [5.41, 5.74) is 2.44. The second-order valence-electron chi connectivity index (χ2n) is 16.6. The maximum atomic E-state index is 13.1. The molecule has 12 heteroatoms. The Morgan fingerprint density at radius 3 is 2.29 bits per heavy atom. The summed E-state index contributed by atoms with van der Waals surface area (Å²) in [4.78, 5) is 36.6. The maximum absolute atomic E-state index is 13.1. The number of nitrogens with one attached hydrogen (secondary N) is 1. The van der Waals surface area contributed by atoms with E-state index in [9.17, 15) is 9.59 Å². The maximum Gasteiger partial charge on any atom is 0.528 e. The largest absolute Gasteiger partial charge is 0.528 e. The number of piperazine rings is 1. The number of alkyl carbamates (subject to hydrolysis) is 1. The van der Waals surface area contributed by atoms with Gasteiger partial charge >= 0.3 is 12.2 Å². The van der Waals surface area contributed by atoms with Gasteiger partial charge in [0, 0.05) is 57.5 Å². The zero-order valence-corrected chi connectivity index (χ0v) is 35.2. The van der Waals surface area contributed by atoms with Gasteiger partial charge in [0.2, 0.25) is 0 Å². The standard InChI is InChI=1S/C47H62N4O8/c1-47(2,3)58-46(53)59-51-31-41(35-57-45(52)48-22-10-23-50-26-24-49(4)25-27-50)44(43(32-51)56-34-37-16-17-38-14-8-9-15-40(38)30-37)39-18-20-42(21-19-39)55-29-11-28-54-33-36-12-6-5-7-13-36/h5-9,12-21,30,41,43-44H,10-11,22-29,31-35H2,1-4H3,(H,48,52). The first-order valence-electron chi connectivity index (χ1n) is 21.0. The van der Waals surface area contributed by atoms with Crippen LogP contribution in [0.2, 0.25) is 0 Å². The third-order valence-electron chi connectivity index (χ3n) is 10.6. The van der Waals surface area contributed by atoms with Crippen molar-refractivity contribution in [2.75, 3.05) is 79.2 Å². The van der Waals surface area contributed by atoms with Gasteiger partial charge in [-0.05, 0) is 86.4 Å². The predicted octanol–water partition coefficient (Wildman–Crippen LogP) is 7.66. The molecule has 1 amide bonds. The van der Waals surface area contributed by atoms with Crippen LogP contribution in [0.25, 0.3) is 10.8 Å². The number of amides is 1. The van der Waals surface area contributed by atoms with Gasteiger partial charge in [0.15, 0.2) is 0 Å². The number of benzene rings is 4. The Balaban J connectivity index is 1.13. The van der Waals surface area contributed by atoms with Gasteiger partial charge in [0.25, 0.3) is 0 Å². The molecule has 0 spiro atoms. The molecule has 0 bridgehead atoms. The zero-order valence-electron chi connectivity index (χ0n) is 35.2. The Hall–Kier alpha value is -4.72. The van der Waals surface area contributed by atoms with E-state index in [1.807, 2.05) is 54.6 Å². The number of carbonyl (C=O) groups is 2. The van der Waals surface area contributed by atoms with Gasteiger partial charge in [-0.25, -0.2) is 9.59 Å². The molecule has 2 saturated heterocycles. The minimum absolute atomic E-state index is 0.0835. The van der Waals surface area contributed by atoms with Crippen molar-refractivity contribution in [3.63, 3.8) is 0 Å². The van der Waals surface area contributed by atoms with Crippen LogP contribution < -0.4 is 10.1 Å². The Kier molecular flexibility index (Phi) is 16.4. The first-order valence-corrected chi connectivity index (χ1v) is 21.0. The fraction of sp³-hybridized carbons (Fsp3) is 0.489. The second kappa shape index (κ2) is 22.0. The highest BCUT2D eigenvalue weighted by Gasteiger charge is 2.41. The summed E-state index contributed by atoms with van der Waals surface area (Å²) >= 11 is 0. The normalized spacial score (nSPS) is 19.3. The van der Waals surface area contributed by atoms with Crippen molar-refractivity contribution in [1.82, 2.24) is 20.2 Å². The predicted molar refractivity (Wildman–Crippen MR) is 228 cm³/mol. The molecule has 1 N–H and O–H groups in total. The molecule has 2 aliphatic rings. The van der Waals surface area contributed by atoms with Crippen LogP contribution in [0.3, 0.4) is 0 Å². The summed E-state index contributed by atoms with van der Waals surface area (Å²) in [6.07, 6.45) is -0.118. The number of piperidine rings is 1. The lowest BCUT2D eigenvalue weighted by Crippen LogP contribution is -2.51. The van der Waals surface area contributed by atoms with Crippen LogP contribution in [0, 0.1) is 5.92 Å². The minimum atomic E-state index is -0.797. The third-order valence-corrected chi connectivity index (χ3v) is 10.6. The van der Waals surface area contributed by atoms with Crippen LogP contribution >= 0.6 is 0 Å². The topological polar surface area (TPSA) is 111 Å². The molecule has 2 fully saturated rings. The summed E-state index contributed by atoms with van der Waals surface area (Å²) in [5, 5.41) is 6.80. The molecule has 6 rings (SSSR count). The van der Waals surface area contributed by atoms with E-state index in [4.69, 9.17) is 28.5 Å². The quantitative estimate of drug-likeness (QED) is 0.0791. The third kappa shape index (κ3) is 14.5.